The second kappa shape index (κ2) is 6.15. The summed E-state index contributed by atoms with van der Waals surface area (Å²) in [6, 6.07) is 4.24. The molecule has 21 heavy (non-hydrogen) atoms. The summed E-state index contributed by atoms with van der Waals surface area (Å²) in [5, 5.41) is 13.1. The molecule has 0 fully saturated rings. The maximum absolute atomic E-state index is 13.0. The number of nitro benzene ring substituents is 1. The summed E-state index contributed by atoms with van der Waals surface area (Å²) < 4.78 is 13.5. The molecule has 0 aliphatic rings. The van der Waals surface area contributed by atoms with Crippen LogP contribution in [0.15, 0.2) is 34.9 Å². The van der Waals surface area contributed by atoms with Gasteiger partial charge in [0.1, 0.15) is 16.7 Å². The van der Waals surface area contributed by atoms with E-state index in [1.165, 1.54) is 12.3 Å². The lowest BCUT2D eigenvalue weighted by Gasteiger charge is -2.07. The number of nitrogens with zero attached hydrogens (tertiary/aromatic N) is 2. The quantitative estimate of drug-likeness (QED) is 0.503. The van der Waals surface area contributed by atoms with E-state index in [0.29, 0.717) is 4.47 Å². The van der Waals surface area contributed by atoms with Crippen LogP contribution in [-0.4, -0.2) is 15.8 Å². The van der Waals surface area contributed by atoms with Crippen molar-refractivity contribution < 1.29 is 14.1 Å². The number of anilines is 1. The van der Waals surface area contributed by atoms with Crippen LogP contribution in [0.3, 0.4) is 0 Å². The fourth-order valence-corrected chi connectivity index (χ4v) is 2.05. The van der Waals surface area contributed by atoms with Crippen molar-refractivity contribution >= 4 is 44.8 Å². The number of carbonyl (C=O) groups excluding carboxylic acids is 1. The molecule has 0 aliphatic carbocycles. The number of aromatic nitrogens is 1. The van der Waals surface area contributed by atoms with E-state index < -0.39 is 22.3 Å². The Morgan fingerprint density at radius 2 is 2.14 bits per heavy atom. The van der Waals surface area contributed by atoms with Crippen LogP contribution in [0.4, 0.5) is 15.8 Å². The molecule has 9 heteroatoms. The van der Waals surface area contributed by atoms with E-state index in [4.69, 9.17) is 11.6 Å². The van der Waals surface area contributed by atoms with Gasteiger partial charge in [0, 0.05) is 10.7 Å². The molecule has 0 unspecified atom stereocenters. The number of pyridine rings is 1. The summed E-state index contributed by atoms with van der Waals surface area (Å²) >= 11 is 8.94. The number of benzene rings is 1. The molecule has 2 aromatic rings. The molecule has 1 aromatic heterocycles. The van der Waals surface area contributed by atoms with Gasteiger partial charge in [-0.1, -0.05) is 11.6 Å². The van der Waals surface area contributed by atoms with Crippen molar-refractivity contribution in [1.82, 2.24) is 4.98 Å². The Bertz CT molecular complexity index is 742. The molecule has 2 rings (SSSR count). The molecule has 1 aromatic carbocycles. The maximum Gasteiger partial charge on any atom is 0.295 e. The number of nitrogens with one attached hydrogen (secondary N) is 1. The van der Waals surface area contributed by atoms with E-state index >= 15 is 0 Å². The smallest absolute Gasteiger partial charge is 0.295 e. The number of hydrogen-bond acceptors (Lipinski definition) is 4. The number of halogens is 3. The lowest BCUT2D eigenvalue weighted by molar-refractivity contribution is -0.384. The van der Waals surface area contributed by atoms with E-state index in [9.17, 15) is 19.3 Å². The zero-order valence-electron chi connectivity index (χ0n) is 10.1. The highest BCUT2D eigenvalue weighted by Gasteiger charge is 2.19. The van der Waals surface area contributed by atoms with Crippen molar-refractivity contribution in [2.45, 2.75) is 0 Å². The molecule has 0 atom stereocenters. The molecular formula is C12H6BrClFN3O3. The monoisotopic (exact) mass is 373 g/mol. The van der Waals surface area contributed by atoms with Crippen LogP contribution < -0.4 is 5.32 Å². The maximum atomic E-state index is 13.0. The van der Waals surface area contributed by atoms with Crippen molar-refractivity contribution in [3.05, 3.63) is 61.6 Å². The van der Waals surface area contributed by atoms with Crippen LogP contribution in [0, 0.1) is 15.9 Å². The van der Waals surface area contributed by atoms with Crippen LogP contribution in [0.5, 0.6) is 0 Å². The van der Waals surface area contributed by atoms with E-state index in [-0.39, 0.29) is 16.4 Å². The first-order chi connectivity index (χ1) is 9.88. The normalized spacial score (nSPS) is 10.2. The third-order valence-corrected chi connectivity index (χ3v) is 3.19. The minimum atomic E-state index is -0.792. The number of amides is 1. The minimum Gasteiger partial charge on any atom is -0.316 e. The molecule has 0 aliphatic heterocycles. The van der Waals surface area contributed by atoms with Gasteiger partial charge in [0.2, 0.25) is 0 Å². The van der Waals surface area contributed by atoms with Crippen molar-refractivity contribution in [1.29, 1.82) is 0 Å². The van der Waals surface area contributed by atoms with Crippen LogP contribution in [-0.2, 0) is 0 Å². The highest BCUT2D eigenvalue weighted by atomic mass is 79.9. The van der Waals surface area contributed by atoms with Crippen molar-refractivity contribution in [3.63, 3.8) is 0 Å². The average molecular weight is 375 g/mol. The Balaban J connectivity index is 2.36. The summed E-state index contributed by atoms with van der Waals surface area (Å²) in [4.78, 5) is 25.9. The number of nitro groups is 1. The zero-order valence-corrected chi connectivity index (χ0v) is 12.5. The van der Waals surface area contributed by atoms with E-state index in [0.717, 1.165) is 18.2 Å². The fraction of sp³-hybridized carbons (Fsp3) is 0. The predicted octanol–water partition coefficient (Wildman–Crippen LogP) is 3.80. The predicted molar refractivity (Wildman–Crippen MR) is 78.0 cm³/mol. The largest absolute Gasteiger partial charge is 0.316 e. The van der Waals surface area contributed by atoms with E-state index in [1.807, 2.05) is 0 Å². The Morgan fingerprint density at radius 1 is 1.43 bits per heavy atom. The van der Waals surface area contributed by atoms with Gasteiger partial charge >= 0.3 is 0 Å². The number of hydrogen-bond donors (Lipinski definition) is 1. The summed E-state index contributed by atoms with van der Waals surface area (Å²) in [5.41, 5.74) is -0.658. The Morgan fingerprint density at radius 3 is 2.81 bits per heavy atom. The molecule has 1 N–H and O–H groups in total. The SMILES string of the molecule is O=C(Nc1ccc(F)cc1[N+](=O)[O-])c1cc(Br)cnc1Cl. The van der Waals surface area contributed by atoms with Gasteiger partial charge in [0.05, 0.1) is 16.6 Å². The van der Waals surface area contributed by atoms with Gasteiger partial charge in [-0.15, -0.1) is 0 Å². The first-order valence-electron chi connectivity index (χ1n) is 5.45. The molecule has 0 saturated heterocycles. The van der Waals surface area contributed by atoms with Gasteiger partial charge in [-0.2, -0.15) is 0 Å². The highest BCUT2D eigenvalue weighted by Crippen LogP contribution is 2.26. The van der Waals surface area contributed by atoms with Crippen molar-refractivity contribution in [2.24, 2.45) is 0 Å². The molecule has 108 valence electrons. The summed E-state index contributed by atoms with van der Waals surface area (Å²) in [6.45, 7) is 0. The third-order valence-electron chi connectivity index (χ3n) is 2.46. The van der Waals surface area contributed by atoms with Crippen LogP contribution in [0.2, 0.25) is 5.15 Å². The lowest BCUT2D eigenvalue weighted by atomic mass is 10.2. The summed E-state index contributed by atoms with van der Waals surface area (Å²) in [6.07, 6.45) is 1.40. The molecule has 6 nitrogen and oxygen atoms in total. The zero-order chi connectivity index (χ0) is 15.6. The molecule has 0 bridgehead atoms. The van der Waals surface area contributed by atoms with Crippen molar-refractivity contribution in [3.8, 4) is 0 Å². The Hall–Kier alpha value is -2.06. The third kappa shape index (κ3) is 3.53. The summed E-state index contributed by atoms with van der Waals surface area (Å²) in [7, 11) is 0. The minimum absolute atomic E-state index is 0.0321. The second-order valence-electron chi connectivity index (χ2n) is 3.86. The summed E-state index contributed by atoms with van der Waals surface area (Å²) in [5.74, 6) is -1.47. The van der Waals surface area contributed by atoms with Crippen LogP contribution in [0.25, 0.3) is 0 Å². The van der Waals surface area contributed by atoms with Crippen LogP contribution in [0.1, 0.15) is 10.4 Å². The van der Waals surface area contributed by atoms with Gasteiger partial charge in [-0.25, -0.2) is 9.37 Å². The average Bonchev–Trinajstić information content (AvgIpc) is 2.43. The Labute approximate surface area is 131 Å². The van der Waals surface area contributed by atoms with Gasteiger partial charge < -0.3 is 5.32 Å². The van der Waals surface area contributed by atoms with Crippen molar-refractivity contribution in [2.75, 3.05) is 5.32 Å². The van der Waals surface area contributed by atoms with Gasteiger partial charge in [0.25, 0.3) is 11.6 Å². The highest BCUT2D eigenvalue weighted by molar-refractivity contribution is 9.10. The number of carbonyl (C=O) groups is 1. The molecule has 0 spiro atoms. The standard InChI is InChI=1S/C12H6BrClFN3O3/c13-6-3-8(11(14)16-5-6)12(19)17-9-2-1-7(15)4-10(9)18(20)21/h1-5H,(H,17,19). The topological polar surface area (TPSA) is 85.1 Å². The van der Waals surface area contributed by atoms with Crippen LogP contribution >= 0.6 is 27.5 Å². The molecular weight excluding hydrogens is 369 g/mol. The van der Waals surface area contributed by atoms with E-state index in [2.05, 4.69) is 26.2 Å². The van der Waals surface area contributed by atoms with E-state index in [1.54, 1.807) is 0 Å². The van der Waals surface area contributed by atoms with Gasteiger partial charge in [0.15, 0.2) is 0 Å². The van der Waals surface area contributed by atoms with Gasteiger partial charge in [-0.3, -0.25) is 14.9 Å². The fourth-order valence-electron chi connectivity index (χ4n) is 1.53. The second-order valence-corrected chi connectivity index (χ2v) is 5.14. The lowest BCUT2D eigenvalue weighted by Crippen LogP contribution is -2.14. The molecule has 1 amide bonds. The van der Waals surface area contributed by atoms with Gasteiger partial charge in [-0.05, 0) is 34.1 Å². The molecule has 1 heterocycles. The Kier molecular flexibility index (Phi) is 4.49. The number of rotatable bonds is 3. The first-order valence-corrected chi connectivity index (χ1v) is 6.62. The molecule has 0 saturated carbocycles. The first kappa shape index (κ1) is 15.3. The molecule has 0 radical (unpaired) electrons.